The molecule has 29 heavy (non-hydrogen) atoms. The number of carbonyl (C=O) groups excluding carboxylic acids is 1. The smallest absolute Gasteiger partial charge is 0.254 e. The molecule has 2 fully saturated rings. The number of morpholine rings is 1. The highest BCUT2D eigenvalue weighted by molar-refractivity contribution is 5.95. The van der Waals surface area contributed by atoms with Crippen molar-refractivity contribution in [1.82, 2.24) is 20.0 Å². The lowest BCUT2D eigenvalue weighted by molar-refractivity contribution is -0.0725. The number of nitrogens with zero attached hydrogens (tertiary/aromatic N) is 3. The minimum atomic E-state index is -0.298. The fourth-order valence-corrected chi connectivity index (χ4v) is 4.35. The van der Waals surface area contributed by atoms with Gasteiger partial charge in [0.25, 0.3) is 5.91 Å². The van der Waals surface area contributed by atoms with Crippen LogP contribution in [0.15, 0.2) is 30.5 Å². The molecule has 0 bridgehead atoms. The summed E-state index contributed by atoms with van der Waals surface area (Å²) in [5.41, 5.74) is 2.10. The van der Waals surface area contributed by atoms with Crippen LogP contribution in [0.2, 0.25) is 0 Å². The van der Waals surface area contributed by atoms with Gasteiger partial charge >= 0.3 is 0 Å². The second kappa shape index (κ2) is 8.63. The highest BCUT2D eigenvalue weighted by Crippen LogP contribution is 2.24. The first kappa shape index (κ1) is 20.0. The number of amides is 1. The van der Waals surface area contributed by atoms with Gasteiger partial charge < -0.3 is 10.1 Å². The fourth-order valence-electron chi connectivity index (χ4n) is 4.35. The van der Waals surface area contributed by atoms with Crippen molar-refractivity contribution in [3.8, 4) is 5.69 Å². The molecule has 2 atom stereocenters. The number of hydrogen-bond acceptors (Lipinski definition) is 4. The molecule has 0 spiro atoms. The average molecular weight is 400 g/mol. The lowest BCUT2D eigenvalue weighted by Gasteiger charge is -2.42. The predicted molar refractivity (Wildman–Crippen MR) is 109 cm³/mol. The second-order valence-electron chi connectivity index (χ2n) is 8.30. The first-order chi connectivity index (χ1) is 14.0. The van der Waals surface area contributed by atoms with Crippen molar-refractivity contribution in [3.63, 3.8) is 0 Å². The van der Waals surface area contributed by atoms with E-state index < -0.39 is 0 Å². The number of hydrogen-bond donors (Lipinski definition) is 1. The molecule has 2 aliphatic rings. The van der Waals surface area contributed by atoms with Gasteiger partial charge in [0, 0.05) is 19.1 Å². The summed E-state index contributed by atoms with van der Waals surface area (Å²) >= 11 is 0. The van der Waals surface area contributed by atoms with Crippen molar-refractivity contribution >= 4 is 5.91 Å². The van der Waals surface area contributed by atoms with Crippen LogP contribution in [0.1, 0.15) is 55.1 Å². The molecule has 2 saturated heterocycles. The Kier molecular flexibility index (Phi) is 5.96. The third-order valence-electron chi connectivity index (χ3n) is 5.87. The molecule has 2 aromatic rings. The van der Waals surface area contributed by atoms with Crippen LogP contribution in [0.5, 0.6) is 0 Å². The molecule has 1 amide bonds. The fraction of sp³-hybridized carbons (Fsp3) is 0.545. The van der Waals surface area contributed by atoms with E-state index in [0.29, 0.717) is 18.2 Å². The molecular weight excluding hydrogens is 371 g/mol. The average Bonchev–Trinajstić information content (AvgIpc) is 3.18. The predicted octanol–water partition coefficient (Wildman–Crippen LogP) is 3.12. The Labute approximate surface area is 171 Å². The van der Waals surface area contributed by atoms with E-state index in [9.17, 15) is 9.18 Å². The minimum Gasteiger partial charge on any atom is -0.373 e. The van der Waals surface area contributed by atoms with E-state index in [-0.39, 0.29) is 23.7 Å². The Morgan fingerprint density at radius 1 is 1.31 bits per heavy atom. The highest BCUT2D eigenvalue weighted by Gasteiger charge is 2.31. The molecular formula is C22H29FN4O2. The van der Waals surface area contributed by atoms with Gasteiger partial charge in [0.1, 0.15) is 5.82 Å². The Balaban J connectivity index is 1.44. The lowest BCUT2D eigenvalue weighted by atomic mass is 10.0. The van der Waals surface area contributed by atoms with Crippen LogP contribution < -0.4 is 5.32 Å². The maximum atomic E-state index is 13.3. The van der Waals surface area contributed by atoms with Crippen molar-refractivity contribution in [3.05, 3.63) is 47.5 Å². The Morgan fingerprint density at radius 3 is 2.86 bits per heavy atom. The summed E-state index contributed by atoms with van der Waals surface area (Å²) in [5, 5.41) is 7.43. The van der Waals surface area contributed by atoms with Crippen molar-refractivity contribution in [2.24, 2.45) is 0 Å². The van der Waals surface area contributed by atoms with Gasteiger partial charge in [-0.05, 0) is 49.6 Å². The van der Waals surface area contributed by atoms with Crippen LogP contribution >= 0.6 is 0 Å². The number of rotatable bonds is 5. The van der Waals surface area contributed by atoms with E-state index in [1.54, 1.807) is 23.0 Å². The highest BCUT2D eigenvalue weighted by atomic mass is 19.1. The summed E-state index contributed by atoms with van der Waals surface area (Å²) in [4.78, 5) is 15.4. The molecule has 0 saturated carbocycles. The molecule has 0 aliphatic carbocycles. The van der Waals surface area contributed by atoms with Gasteiger partial charge in [0.2, 0.25) is 0 Å². The van der Waals surface area contributed by atoms with Crippen molar-refractivity contribution in [1.29, 1.82) is 0 Å². The molecule has 3 heterocycles. The zero-order chi connectivity index (χ0) is 20.4. The van der Waals surface area contributed by atoms with Crippen LogP contribution in [0.4, 0.5) is 4.39 Å². The number of ether oxygens (including phenoxy) is 1. The number of piperidine rings is 1. The van der Waals surface area contributed by atoms with E-state index in [2.05, 4.69) is 15.3 Å². The Morgan fingerprint density at radius 2 is 2.10 bits per heavy atom. The molecule has 4 rings (SSSR count). The molecule has 156 valence electrons. The third-order valence-corrected chi connectivity index (χ3v) is 5.87. The zero-order valence-electron chi connectivity index (χ0n) is 17.1. The van der Waals surface area contributed by atoms with E-state index in [0.717, 1.165) is 31.1 Å². The summed E-state index contributed by atoms with van der Waals surface area (Å²) in [6, 6.07) is 6.67. The van der Waals surface area contributed by atoms with Gasteiger partial charge in [-0.1, -0.05) is 20.3 Å². The second-order valence-corrected chi connectivity index (χ2v) is 8.30. The minimum absolute atomic E-state index is 0.0166. The number of fused-ring (bicyclic) bond motifs is 1. The number of carbonyl (C=O) groups is 1. The summed E-state index contributed by atoms with van der Waals surface area (Å²) < 4.78 is 21.0. The first-order valence-corrected chi connectivity index (χ1v) is 10.5. The molecule has 1 aromatic carbocycles. The van der Waals surface area contributed by atoms with Crippen molar-refractivity contribution in [2.45, 2.75) is 51.2 Å². The van der Waals surface area contributed by atoms with Gasteiger partial charge in [-0.15, -0.1) is 0 Å². The van der Waals surface area contributed by atoms with Crippen molar-refractivity contribution in [2.75, 3.05) is 26.2 Å². The quantitative estimate of drug-likeness (QED) is 0.838. The van der Waals surface area contributed by atoms with E-state index >= 15 is 0 Å². The summed E-state index contributed by atoms with van der Waals surface area (Å²) in [6.07, 6.45) is 5.34. The van der Waals surface area contributed by atoms with Gasteiger partial charge in [-0.2, -0.15) is 5.10 Å². The van der Waals surface area contributed by atoms with Gasteiger partial charge in [0.05, 0.1) is 35.9 Å². The monoisotopic (exact) mass is 400 g/mol. The first-order valence-electron chi connectivity index (χ1n) is 10.5. The topological polar surface area (TPSA) is 59.4 Å². The normalized spacial score (nSPS) is 22.5. The maximum absolute atomic E-state index is 13.3. The van der Waals surface area contributed by atoms with Crippen LogP contribution in [0, 0.1) is 5.82 Å². The van der Waals surface area contributed by atoms with Gasteiger partial charge in [-0.3, -0.25) is 9.69 Å². The maximum Gasteiger partial charge on any atom is 0.254 e. The molecule has 1 aromatic heterocycles. The SMILES string of the molecule is CC(C)c1c(C(=O)NC[C@@H]2CN3CCCC[C@H]3CO2)cnn1-c1ccc(F)cc1. The molecule has 2 aliphatic heterocycles. The largest absolute Gasteiger partial charge is 0.373 e. The molecule has 0 radical (unpaired) electrons. The van der Waals surface area contributed by atoms with E-state index in [1.807, 2.05) is 13.8 Å². The summed E-state index contributed by atoms with van der Waals surface area (Å²) in [6.45, 7) is 7.28. The third kappa shape index (κ3) is 4.36. The Bertz CT molecular complexity index is 849. The van der Waals surface area contributed by atoms with Crippen LogP contribution in [-0.2, 0) is 4.74 Å². The summed E-state index contributed by atoms with van der Waals surface area (Å²) in [7, 11) is 0. The molecule has 1 N–H and O–H groups in total. The molecule has 6 nitrogen and oxygen atoms in total. The van der Waals surface area contributed by atoms with Crippen LogP contribution in [0.25, 0.3) is 5.69 Å². The van der Waals surface area contributed by atoms with Crippen molar-refractivity contribution < 1.29 is 13.9 Å². The van der Waals surface area contributed by atoms with Gasteiger partial charge in [-0.25, -0.2) is 9.07 Å². The number of nitrogens with one attached hydrogen (secondary N) is 1. The number of halogens is 1. The van der Waals surface area contributed by atoms with Gasteiger partial charge in [0.15, 0.2) is 0 Å². The standard InChI is InChI=1S/C22H29FN4O2/c1-15(2)21-20(12-25-27(21)17-8-6-16(23)7-9-17)22(28)24-11-19-13-26-10-4-3-5-18(26)14-29-19/h6-9,12,15,18-19H,3-5,10-11,13-14H2,1-2H3,(H,24,28)/t18-,19+/m0/s1. The molecule has 7 heteroatoms. The van der Waals surface area contributed by atoms with Crippen LogP contribution in [-0.4, -0.2) is 59.0 Å². The lowest BCUT2D eigenvalue weighted by Crippen LogP contribution is -2.54. The van der Waals surface area contributed by atoms with E-state index in [1.165, 1.54) is 31.4 Å². The summed E-state index contributed by atoms with van der Waals surface area (Å²) in [5.74, 6) is -0.358. The number of benzene rings is 1. The molecule has 0 unspecified atom stereocenters. The van der Waals surface area contributed by atoms with Crippen LogP contribution in [0.3, 0.4) is 0 Å². The Hall–Kier alpha value is -2.25. The number of aromatic nitrogens is 2. The zero-order valence-corrected chi connectivity index (χ0v) is 17.1. The van der Waals surface area contributed by atoms with E-state index in [4.69, 9.17) is 4.74 Å².